The van der Waals surface area contributed by atoms with Crippen LogP contribution < -0.4 is 0 Å². The Kier molecular flexibility index (Phi) is 6.44. The van der Waals surface area contributed by atoms with Crippen LogP contribution in [0.25, 0.3) is 0 Å². The molecule has 0 radical (unpaired) electrons. The van der Waals surface area contributed by atoms with Crippen molar-refractivity contribution in [3.05, 3.63) is 35.4 Å². The van der Waals surface area contributed by atoms with Crippen molar-refractivity contribution in [3.8, 4) is 6.07 Å². The molecule has 0 saturated carbocycles. The molecule has 23 heavy (non-hydrogen) atoms. The molecule has 1 aliphatic heterocycles. The third-order valence-electron chi connectivity index (χ3n) is 3.54. The summed E-state index contributed by atoms with van der Waals surface area (Å²) >= 11 is 1.48. The van der Waals surface area contributed by atoms with Crippen LogP contribution in [0.3, 0.4) is 0 Å². The predicted molar refractivity (Wildman–Crippen MR) is 85.9 cm³/mol. The molecule has 0 aromatic heterocycles. The number of thioether (sulfide) groups is 1. The number of hydrogen-bond donors (Lipinski definition) is 1. The fraction of sp³-hybridized carbons (Fsp3) is 0.438. The first kappa shape index (κ1) is 17.3. The lowest BCUT2D eigenvalue weighted by Gasteiger charge is -2.34. The van der Waals surface area contributed by atoms with Crippen LogP contribution in [0.15, 0.2) is 24.3 Å². The van der Waals surface area contributed by atoms with E-state index in [-0.39, 0.29) is 25.0 Å². The zero-order valence-corrected chi connectivity index (χ0v) is 13.4. The number of aliphatic carboxylic acids is 1. The Bertz CT molecular complexity index is 597. The Labute approximate surface area is 139 Å². The zero-order chi connectivity index (χ0) is 16.7. The Balaban J connectivity index is 1.82. The highest BCUT2D eigenvalue weighted by Gasteiger charge is 2.28. The second-order valence-electron chi connectivity index (χ2n) is 5.22. The van der Waals surface area contributed by atoms with Crippen LogP contribution >= 0.6 is 11.8 Å². The molecule has 1 aliphatic rings. The van der Waals surface area contributed by atoms with Gasteiger partial charge in [-0.1, -0.05) is 12.1 Å². The molecular formula is C16H18N2O4S. The topological polar surface area (TPSA) is 90.6 Å². The lowest BCUT2D eigenvalue weighted by Crippen LogP contribution is -2.50. The van der Waals surface area contributed by atoms with E-state index in [1.807, 2.05) is 12.1 Å². The number of nitriles is 1. The number of carboxylic acid groups (broad SMARTS) is 1. The molecule has 1 aromatic rings. The summed E-state index contributed by atoms with van der Waals surface area (Å²) in [4.78, 5) is 24.8. The molecule has 2 rings (SSSR count). The monoisotopic (exact) mass is 334 g/mol. The van der Waals surface area contributed by atoms with E-state index >= 15 is 0 Å². The molecule has 122 valence electrons. The third kappa shape index (κ3) is 5.27. The number of carbonyl (C=O) groups is 2. The second kappa shape index (κ2) is 8.56. The maximum atomic E-state index is 12.3. The predicted octanol–water partition coefficient (Wildman–Crippen LogP) is 1.49. The van der Waals surface area contributed by atoms with Crippen LogP contribution in [0.2, 0.25) is 0 Å². The van der Waals surface area contributed by atoms with E-state index in [9.17, 15) is 9.59 Å². The fourth-order valence-corrected chi connectivity index (χ4v) is 3.24. The second-order valence-corrected chi connectivity index (χ2v) is 6.20. The van der Waals surface area contributed by atoms with Crippen molar-refractivity contribution in [3.63, 3.8) is 0 Å². The molecule has 0 spiro atoms. The van der Waals surface area contributed by atoms with Crippen LogP contribution in [-0.4, -0.2) is 53.4 Å². The normalized spacial score (nSPS) is 17.5. The summed E-state index contributed by atoms with van der Waals surface area (Å²) in [7, 11) is 0. The number of amides is 1. The number of benzene rings is 1. The first-order chi connectivity index (χ1) is 11.1. The molecule has 0 bridgehead atoms. The highest BCUT2D eigenvalue weighted by molar-refractivity contribution is 7.99. The maximum absolute atomic E-state index is 12.3. The van der Waals surface area contributed by atoms with Gasteiger partial charge in [-0.25, -0.2) is 0 Å². The van der Waals surface area contributed by atoms with Gasteiger partial charge >= 0.3 is 5.97 Å². The average molecular weight is 334 g/mol. The van der Waals surface area contributed by atoms with E-state index < -0.39 is 5.97 Å². The van der Waals surface area contributed by atoms with Crippen LogP contribution in [0.1, 0.15) is 17.5 Å². The van der Waals surface area contributed by atoms with Crippen molar-refractivity contribution in [1.82, 2.24) is 4.90 Å². The molecule has 1 aromatic carbocycles. The van der Waals surface area contributed by atoms with Crippen LogP contribution in [0, 0.1) is 11.3 Å². The number of nitrogens with zero attached hydrogens (tertiary/aromatic N) is 2. The molecule has 6 nitrogen and oxygen atoms in total. The molecule has 7 heteroatoms. The minimum atomic E-state index is -0.927. The summed E-state index contributed by atoms with van der Waals surface area (Å²) in [5.74, 6) is -0.0108. The largest absolute Gasteiger partial charge is 0.481 e. The summed E-state index contributed by atoms with van der Waals surface area (Å²) < 4.78 is 5.27. The minimum absolute atomic E-state index is 0.0572. The van der Waals surface area contributed by atoms with Crippen molar-refractivity contribution in [1.29, 1.82) is 5.26 Å². The van der Waals surface area contributed by atoms with Crippen molar-refractivity contribution in [2.45, 2.75) is 18.2 Å². The lowest BCUT2D eigenvalue weighted by atomic mass is 10.1. The third-order valence-corrected chi connectivity index (χ3v) is 4.52. The first-order valence-corrected chi connectivity index (χ1v) is 8.41. The average Bonchev–Trinajstić information content (AvgIpc) is 2.55. The Morgan fingerprint density at radius 2 is 2.13 bits per heavy atom. The first-order valence-electron chi connectivity index (χ1n) is 7.26. The Morgan fingerprint density at radius 1 is 1.39 bits per heavy atom. The van der Waals surface area contributed by atoms with E-state index in [0.29, 0.717) is 30.2 Å². The van der Waals surface area contributed by atoms with Gasteiger partial charge in [-0.15, -0.1) is 11.8 Å². The Hall–Kier alpha value is -2.04. The number of morpholine rings is 1. The van der Waals surface area contributed by atoms with Gasteiger partial charge in [-0.2, -0.15) is 5.26 Å². The number of rotatable bonds is 6. The fourth-order valence-electron chi connectivity index (χ4n) is 2.37. The summed E-state index contributed by atoms with van der Waals surface area (Å²) in [6.45, 7) is 1.16. The molecule has 1 atom stereocenters. The van der Waals surface area contributed by atoms with E-state index in [2.05, 4.69) is 6.07 Å². The van der Waals surface area contributed by atoms with E-state index in [0.717, 1.165) is 5.56 Å². The van der Waals surface area contributed by atoms with Crippen molar-refractivity contribution >= 4 is 23.6 Å². The van der Waals surface area contributed by atoms with E-state index in [1.54, 1.807) is 17.0 Å². The molecule has 1 unspecified atom stereocenters. The standard InChI is InChI=1S/C16H18N2O4S/c17-8-12-1-3-13(4-2-12)10-23-11-15(19)18-5-6-22-9-14(18)7-16(20)21/h1-4,14H,5-7,9-11H2,(H,20,21). The van der Waals surface area contributed by atoms with E-state index in [4.69, 9.17) is 15.1 Å². The highest BCUT2D eigenvalue weighted by Crippen LogP contribution is 2.17. The van der Waals surface area contributed by atoms with Crippen LogP contribution in [0.4, 0.5) is 0 Å². The molecule has 1 fully saturated rings. The van der Waals surface area contributed by atoms with Gasteiger partial charge in [-0.05, 0) is 17.7 Å². The van der Waals surface area contributed by atoms with E-state index in [1.165, 1.54) is 11.8 Å². The number of carboxylic acids is 1. The van der Waals surface area contributed by atoms with Crippen molar-refractivity contribution in [2.24, 2.45) is 0 Å². The van der Waals surface area contributed by atoms with Gasteiger partial charge < -0.3 is 14.7 Å². The van der Waals surface area contributed by atoms with Gasteiger partial charge in [0.15, 0.2) is 0 Å². The quantitative estimate of drug-likeness (QED) is 0.848. The molecular weight excluding hydrogens is 316 g/mol. The smallest absolute Gasteiger partial charge is 0.305 e. The summed E-state index contributed by atoms with van der Waals surface area (Å²) in [6, 6.07) is 8.93. The van der Waals surface area contributed by atoms with Gasteiger partial charge in [0.05, 0.1) is 43.1 Å². The van der Waals surface area contributed by atoms with Gasteiger partial charge in [0.2, 0.25) is 5.91 Å². The molecule has 1 saturated heterocycles. The molecule has 1 N–H and O–H groups in total. The summed E-state index contributed by atoms with van der Waals surface area (Å²) in [5, 5.41) is 17.7. The molecule has 1 heterocycles. The Morgan fingerprint density at radius 3 is 2.78 bits per heavy atom. The highest BCUT2D eigenvalue weighted by atomic mass is 32.2. The molecule has 0 aliphatic carbocycles. The zero-order valence-electron chi connectivity index (χ0n) is 12.6. The van der Waals surface area contributed by atoms with Gasteiger partial charge in [0.1, 0.15) is 0 Å². The number of ether oxygens (including phenoxy) is 1. The maximum Gasteiger partial charge on any atom is 0.305 e. The van der Waals surface area contributed by atoms with Crippen LogP contribution in [-0.2, 0) is 20.1 Å². The van der Waals surface area contributed by atoms with Crippen LogP contribution in [0.5, 0.6) is 0 Å². The van der Waals surface area contributed by atoms with Gasteiger partial charge in [0, 0.05) is 12.3 Å². The SMILES string of the molecule is N#Cc1ccc(CSCC(=O)N2CCOCC2CC(=O)O)cc1. The minimum Gasteiger partial charge on any atom is -0.481 e. The number of carbonyl (C=O) groups excluding carboxylic acids is 1. The lowest BCUT2D eigenvalue weighted by molar-refractivity contribution is -0.144. The van der Waals surface area contributed by atoms with Crippen molar-refractivity contribution in [2.75, 3.05) is 25.5 Å². The number of hydrogen-bond acceptors (Lipinski definition) is 5. The van der Waals surface area contributed by atoms with Gasteiger partial charge in [0.25, 0.3) is 0 Å². The summed E-state index contributed by atoms with van der Waals surface area (Å²) in [5.41, 5.74) is 1.66. The molecule has 1 amide bonds. The summed E-state index contributed by atoms with van der Waals surface area (Å²) in [6.07, 6.45) is -0.0912. The van der Waals surface area contributed by atoms with Crippen molar-refractivity contribution < 1.29 is 19.4 Å². The van der Waals surface area contributed by atoms with Gasteiger partial charge in [-0.3, -0.25) is 9.59 Å².